The lowest BCUT2D eigenvalue weighted by molar-refractivity contribution is 0.842. The molecule has 106 valence electrons. The summed E-state index contributed by atoms with van der Waals surface area (Å²) in [5, 5.41) is 7.62. The molecule has 0 saturated carbocycles. The molecule has 0 aliphatic carbocycles. The van der Waals surface area contributed by atoms with Crippen LogP contribution in [0.1, 0.15) is 24.1 Å². The molecule has 1 N–H and O–H groups in total. The molecule has 0 bridgehead atoms. The van der Waals surface area contributed by atoms with E-state index >= 15 is 0 Å². The van der Waals surface area contributed by atoms with Crippen molar-refractivity contribution >= 4 is 5.69 Å². The van der Waals surface area contributed by atoms with Crippen LogP contribution in [0, 0.1) is 6.92 Å². The highest BCUT2D eigenvalue weighted by molar-refractivity contribution is 5.45. The highest BCUT2D eigenvalue weighted by atomic mass is 15.3. The fraction of sp³-hybridized carbons (Fsp3) is 0.176. The van der Waals surface area contributed by atoms with Crippen molar-refractivity contribution in [2.75, 3.05) is 5.32 Å². The summed E-state index contributed by atoms with van der Waals surface area (Å²) in [6.45, 7) is 4.24. The Kier molecular flexibility index (Phi) is 3.69. The minimum atomic E-state index is 0.239. The largest absolute Gasteiger partial charge is 0.377 e. The molecule has 0 aliphatic rings. The van der Waals surface area contributed by atoms with Gasteiger partial charge in [0, 0.05) is 18.4 Å². The van der Waals surface area contributed by atoms with E-state index in [4.69, 9.17) is 0 Å². The summed E-state index contributed by atoms with van der Waals surface area (Å²) in [5.41, 5.74) is 3.53. The Balaban J connectivity index is 1.71. The van der Waals surface area contributed by atoms with Crippen LogP contribution in [0.2, 0.25) is 0 Å². The number of aromatic nitrogens is 3. The van der Waals surface area contributed by atoms with Gasteiger partial charge in [0.25, 0.3) is 0 Å². The molecule has 1 unspecified atom stereocenters. The van der Waals surface area contributed by atoms with Crippen LogP contribution in [-0.2, 0) is 0 Å². The first-order chi connectivity index (χ1) is 10.2. The SMILES string of the molecule is Cc1ccc(C(C)Nc2ccc(-n3cccn3)nc2)cc1. The van der Waals surface area contributed by atoms with Gasteiger partial charge in [0.15, 0.2) is 5.82 Å². The van der Waals surface area contributed by atoms with E-state index in [-0.39, 0.29) is 6.04 Å². The van der Waals surface area contributed by atoms with Crippen LogP contribution in [-0.4, -0.2) is 14.8 Å². The molecule has 0 saturated heterocycles. The summed E-state index contributed by atoms with van der Waals surface area (Å²) < 4.78 is 1.74. The number of benzene rings is 1. The van der Waals surface area contributed by atoms with Crippen LogP contribution in [0.25, 0.3) is 5.82 Å². The van der Waals surface area contributed by atoms with Gasteiger partial charge >= 0.3 is 0 Å². The zero-order chi connectivity index (χ0) is 14.7. The van der Waals surface area contributed by atoms with Gasteiger partial charge in [-0.1, -0.05) is 29.8 Å². The molecule has 4 heteroatoms. The molecule has 0 amide bonds. The number of pyridine rings is 1. The second-order valence-corrected chi connectivity index (χ2v) is 5.13. The van der Waals surface area contributed by atoms with Crippen LogP contribution in [0.5, 0.6) is 0 Å². The third kappa shape index (κ3) is 3.11. The monoisotopic (exact) mass is 278 g/mol. The molecule has 4 nitrogen and oxygen atoms in total. The topological polar surface area (TPSA) is 42.7 Å². The molecule has 0 spiro atoms. The Morgan fingerprint density at radius 3 is 2.52 bits per heavy atom. The number of anilines is 1. The Hall–Kier alpha value is -2.62. The average molecular weight is 278 g/mol. The third-order valence-corrected chi connectivity index (χ3v) is 3.45. The highest BCUT2D eigenvalue weighted by Gasteiger charge is 2.05. The number of hydrogen-bond acceptors (Lipinski definition) is 3. The van der Waals surface area contributed by atoms with E-state index in [0.717, 1.165) is 11.5 Å². The summed E-state index contributed by atoms with van der Waals surface area (Å²) in [6.07, 6.45) is 5.46. The fourth-order valence-electron chi connectivity index (χ4n) is 2.20. The van der Waals surface area contributed by atoms with E-state index in [1.807, 2.05) is 30.6 Å². The second-order valence-electron chi connectivity index (χ2n) is 5.13. The summed E-state index contributed by atoms with van der Waals surface area (Å²) in [4.78, 5) is 4.42. The van der Waals surface area contributed by atoms with E-state index < -0.39 is 0 Å². The summed E-state index contributed by atoms with van der Waals surface area (Å²) in [7, 11) is 0. The lowest BCUT2D eigenvalue weighted by atomic mass is 10.1. The number of nitrogens with zero attached hydrogens (tertiary/aromatic N) is 3. The molecular weight excluding hydrogens is 260 g/mol. The molecule has 3 rings (SSSR count). The number of nitrogens with one attached hydrogen (secondary N) is 1. The minimum Gasteiger partial charge on any atom is -0.377 e. The van der Waals surface area contributed by atoms with E-state index in [1.165, 1.54) is 11.1 Å². The molecule has 0 fully saturated rings. The van der Waals surface area contributed by atoms with Crippen molar-refractivity contribution in [1.29, 1.82) is 0 Å². The van der Waals surface area contributed by atoms with Gasteiger partial charge in [-0.2, -0.15) is 5.10 Å². The molecule has 3 aromatic rings. The van der Waals surface area contributed by atoms with Crippen molar-refractivity contribution in [3.05, 3.63) is 72.2 Å². The first kappa shape index (κ1) is 13.4. The van der Waals surface area contributed by atoms with Crippen molar-refractivity contribution in [3.63, 3.8) is 0 Å². The zero-order valence-electron chi connectivity index (χ0n) is 12.2. The van der Waals surface area contributed by atoms with Crippen LogP contribution >= 0.6 is 0 Å². The number of rotatable bonds is 4. The van der Waals surface area contributed by atoms with Gasteiger partial charge in [0.1, 0.15) is 0 Å². The van der Waals surface area contributed by atoms with Crippen molar-refractivity contribution in [3.8, 4) is 5.82 Å². The smallest absolute Gasteiger partial charge is 0.153 e. The zero-order valence-corrected chi connectivity index (χ0v) is 12.2. The standard InChI is InChI=1S/C17H18N4/c1-13-4-6-15(7-5-13)14(2)20-16-8-9-17(18-12-16)21-11-3-10-19-21/h3-12,14,20H,1-2H3. The highest BCUT2D eigenvalue weighted by Crippen LogP contribution is 2.19. The molecule has 2 aromatic heterocycles. The maximum Gasteiger partial charge on any atom is 0.153 e. The Bertz CT molecular complexity index is 685. The molecule has 1 aromatic carbocycles. The molecule has 0 aliphatic heterocycles. The van der Waals surface area contributed by atoms with Gasteiger partial charge < -0.3 is 5.32 Å². The van der Waals surface area contributed by atoms with Gasteiger partial charge in [-0.05, 0) is 37.6 Å². The first-order valence-corrected chi connectivity index (χ1v) is 7.01. The second kappa shape index (κ2) is 5.79. The lowest BCUT2D eigenvalue weighted by Crippen LogP contribution is -2.07. The average Bonchev–Trinajstić information content (AvgIpc) is 3.03. The van der Waals surface area contributed by atoms with Gasteiger partial charge in [-0.3, -0.25) is 0 Å². The molecule has 21 heavy (non-hydrogen) atoms. The number of hydrogen-bond donors (Lipinski definition) is 1. The Morgan fingerprint density at radius 1 is 1.10 bits per heavy atom. The van der Waals surface area contributed by atoms with E-state index in [2.05, 4.69) is 53.5 Å². The van der Waals surface area contributed by atoms with Crippen molar-refractivity contribution in [2.24, 2.45) is 0 Å². The molecular formula is C17H18N4. The molecule has 0 radical (unpaired) electrons. The normalized spacial score (nSPS) is 12.1. The van der Waals surface area contributed by atoms with E-state index in [0.29, 0.717) is 0 Å². The van der Waals surface area contributed by atoms with Gasteiger partial charge in [-0.25, -0.2) is 9.67 Å². The maximum atomic E-state index is 4.42. The quantitative estimate of drug-likeness (QED) is 0.790. The van der Waals surface area contributed by atoms with E-state index in [9.17, 15) is 0 Å². The summed E-state index contributed by atoms with van der Waals surface area (Å²) in [5.74, 6) is 0.813. The Morgan fingerprint density at radius 2 is 1.90 bits per heavy atom. The van der Waals surface area contributed by atoms with Crippen molar-refractivity contribution in [1.82, 2.24) is 14.8 Å². The fourth-order valence-corrected chi connectivity index (χ4v) is 2.20. The van der Waals surface area contributed by atoms with Crippen LogP contribution in [0.15, 0.2) is 61.1 Å². The Labute approximate surface area is 124 Å². The van der Waals surface area contributed by atoms with Crippen molar-refractivity contribution in [2.45, 2.75) is 19.9 Å². The first-order valence-electron chi connectivity index (χ1n) is 7.01. The van der Waals surface area contributed by atoms with Gasteiger partial charge in [-0.15, -0.1) is 0 Å². The van der Waals surface area contributed by atoms with Crippen molar-refractivity contribution < 1.29 is 0 Å². The van der Waals surface area contributed by atoms with Crippen LogP contribution < -0.4 is 5.32 Å². The lowest BCUT2D eigenvalue weighted by Gasteiger charge is -2.16. The molecule has 2 heterocycles. The summed E-state index contributed by atoms with van der Waals surface area (Å²) >= 11 is 0. The minimum absolute atomic E-state index is 0.239. The predicted molar refractivity (Wildman–Crippen MR) is 84.6 cm³/mol. The predicted octanol–water partition coefficient (Wildman–Crippen LogP) is 3.75. The van der Waals surface area contributed by atoms with Gasteiger partial charge in [0.2, 0.25) is 0 Å². The van der Waals surface area contributed by atoms with Crippen LogP contribution in [0.3, 0.4) is 0 Å². The maximum absolute atomic E-state index is 4.42. The third-order valence-electron chi connectivity index (χ3n) is 3.45. The number of aryl methyl sites for hydroxylation is 1. The van der Waals surface area contributed by atoms with Crippen LogP contribution in [0.4, 0.5) is 5.69 Å². The van der Waals surface area contributed by atoms with E-state index in [1.54, 1.807) is 10.9 Å². The van der Waals surface area contributed by atoms with Gasteiger partial charge in [0.05, 0.1) is 11.9 Å². The summed E-state index contributed by atoms with van der Waals surface area (Å²) in [6, 6.07) is 14.7. The molecule has 1 atom stereocenters.